The molecule has 246 valence electrons. The first-order valence-electron chi connectivity index (χ1n) is 13.6. The van der Waals surface area contributed by atoms with Gasteiger partial charge in [-0.05, 0) is 49.4 Å². The Morgan fingerprint density at radius 1 is 1.00 bits per heavy atom. The number of alkyl halides is 3. The Bertz CT molecular complexity index is 1820. The van der Waals surface area contributed by atoms with Gasteiger partial charge in [-0.1, -0.05) is 23.2 Å². The number of fused-ring (bicyclic) bond motifs is 1. The summed E-state index contributed by atoms with van der Waals surface area (Å²) in [6, 6.07) is 10.0. The van der Waals surface area contributed by atoms with Gasteiger partial charge in [0.2, 0.25) is 0 Å². The molecule has 0 bridgehead atoms. The first kappa shape index (κ1) is 33.3. The molecular weight excluding hydrogens is 657 g/mol. The summed E-state index contributed by atoms with van der Waals surface area (Å²) in [7, 11) is -1.62. The van der Waals surface area contributed by atoms with Crippen LogP contribution in [-0.2, 0) is 29.9 Å². The topological polar surface area (TPSA) is 132 Å². The summed E-state index contributed by atoms with van der Waals surface area (Å²) in [5, 5.41) is 10.9. The number of hydrogen-bond acceptors (Lipinski definition) is 10. The molecule has 0 radical (unpaired) electrons. The summed E-state index contributed by atoms with van der Waals surface area (Å²) in [6.45, 7) is 1.39. The van der Waals surface area contributed by atoms with Crippen molar-refractivity contribution in [2.24, 2.45) is 0 Å². The number of methoxy groups -OCH3 is 3. The third-order valence-electron chi connectivity index (χ3n) is 7.88. The molecule has 46 heavy (non-hydrogen) atoms. The largest absolute Gasteiger partial charge is 0.573 e. The smallest absolute Gasteiger partial charge is 0.497 e. The predicted molar refractivity (Wildman–Crippen MR) is 157 cm³/mol. The van der Waals surface area contributed by atoms with Gasteiger partial charge >= 0.3 is 12.3 Å². The van der Waals surface area contributed by atoms with E-state index in [2.05, 4.69) is 4.74 Å². The number of aryl methyl sites for hydroxylation is 1. The fraction of sp³-hybridized carbons (Fsp3) is 0.333. The maximum atomic E-state index is 15.2. The number of aliphatic hydroxyl groups excluding tert-OH is 1. The van der Waals surface area contributed by atoms with Crippen LogP contribution in [0, 0.1) is 6.92 Å². The van der Waals surface area contributed by atoms with Crippen molar-refractivity contribution in [2.75, 3.05) is 32.2 Å². The fourth-order valence-electron chi connectivity index (χ4n) is 6.06. The van der Waals surface area contributed by atoms with Crippen molar-refractivity contribution in [2.45, 2.75) is 42.3 Å². The van der Waals surface area contributed by atoms with Crippen LogP contribution in [-0.4, -0.2) is 76.7 Å². The molecule has 0 aliphatic carbocycles. The van der Waals surface area contributed by atoms with E-state index in [1.165, 1.54) is 30.2 Å². The standard InChI is InChI=1S/C30H28ClF3N2O9S/c1-16-5-9-24(43-3)21(11-16)29(35-15-18(37)13-23(35)27(38)44-4)20-12-17(31)6-8-22(20)36(28(29)39)46(40,41)26-10-7-19(42-2)14-25(26)45-30(32,33)34/h5-12,14,18,23,37H,13,15H2,1-4H3/t18-,23+,29?/m1/s1. The van der Waals surface area contributed by atoms with Gasteiger partial charge in [-0.3, -0.25) is 14.5 Å². The molecule has 16 heteroatoms. The van der Waals surface area contributed by atoms with Gasteiger partial charge in [0.15, 0.2) is 11.3 Å². The van der Waals surface area contributed by atoms with Crippen molar-refractivity contribution in [3.8, 4) is 17.2 Å². The SMILES string of the molecule is COC(=O)[C@@H]1C[C@@H](O)CN1C1(c2cc(C)ccc2OC)C(=O)N(S(=O)(=O)c2ccc(OC)cc2OC(F)(F)F)c2ccc(Cl)cc21. The highest BCUT2D eigenvalue weighted by molar-refractivity contribution is 7.93. The number of ether oxygens (including phenoxy) is 4. The van der Waals surface area contributed by atoms with Gasteiger partial charge in [0.1, 0.15) is 22.4 Å². The van der Waals surface area contributed by atoms with E-state index in [1.807, 2.05) is 0 Å². The van der Waals surface area contributed by atoms with Crippen LogP contribution in [0.2, 0.25) is 5.02 Å². The number of aliphatic hydroxyl groups is 1. The molecule has 1 amide bonds. The number of amides is 1. The zero-order chi connectivity index (χ0) is 33.8. The second-order valence-electron chi connectivity index (χ2n) is 10.6. The van der Waals surface area contributed by atoms with E-state index in [9.17, 15) is 31.5 Å². The van der Waals surface area contributed by atoms with E-state index >= 15 is 4.79 Å². The minimum atomic E-state index is -5.31. The Balaban J connectivity index is 1.87. The molecule has 5 rings (SSSR count). The highest BCUT2D eigenvalue weighted by atomic mass is 35.5. The Labute approximate surface area is 267 Å². The van der Waals surface area contributed by atoms with Crippen LogP contribution in [0.15, 0.2) is 59.5 Å². The summed E-state index contributed by atoms with van der Waals surface area (Å²) < 4.78 is 89.5. The molecule has 1 fully saturated rings. The normalized spacial score (nSPS) is 21.7. The number of halogens is 4. The number of nitrogens with zero attached hydrogens (tertiary/aromatic N) is 2. The van der Waals surface area contributed by atoms with Crippen LogP contribution in [0.25, 0.3) is 0 Å². The van der Waals surface area contributed by atoms with E-state index in [0.717, 1.165) is 32.4 Å². The fourth-order valence-corrected chi connectivity index (χ4v) is 7.79. The molecule has 0 spiro atoms. The predicted octanol–water partition coefficient (Wildman–Crippen LogP) is 4.15. The molecule has 2 aliphatic heterocycles. The molecule has 3 aromatic rings. The number of β-amino-alcohol motifs (C(OH)–C–C–N with tert-alkyl or cyclic N) is 1. The number of likely N-dealkylation sites (tertiary alicyclic amines) is 1. The number of carbonyl (C=O) groups is 2. The highest BCUT2D eigenvalue weighted by Crippen LogP contribution is 2.55. The van der Waals surface area contributed by atoms with Crippen LogP contribution < -0.4 is 18.5 Å². The highest BCUT2D eigenvalue weighted by Gasteiger charge is 2.64. The van der Waals surface area contributed by atoms with Crippen LogP contribution in [0.3, 0.4) is 0 Å². The minimum Gasteiger partial charge on any atom is -0.497 e. The zero-order valence-electron chi connectivity index (χ0n) is 24.8. The van der Waals surface area contributed by atoms with Crippen LogP contribution in [0.1, 0.15) is 23.1 Å². The van der Waals surface area contributed by atoms with E-state index < -0.39 is 56.6 Å². The Kier molecular flexibility index (Phi) is 8.66. The monoisotopic (exact) mass is 684 g/mol. The van der Waals surface area contributed by atoms with Crippen molar-refractivity contribution < 1.29 is 55.2 Å². The lowest BCUT2D eigenvalue weighted by Gasteiger charge is -2.41. The number of benzene rings is 3. The van der Waals surface area contributed by atoms with Crippen molar-refractivity contribution in [3.63, 3.8) is 0 Å². The maximum Gasteiger partial charge on any atom is 0.573 e. The lowest BCUT2D eigenvalue weighted by molar-refractivity contribution is -0.275. The maximum absolute atomic E-state index is 15.2. The lowest BCUT2D eigenvalue weighted by atomic mass is 9.80. The molecule has 11 nitrogen and oxygen atoms in total. The van der Waals surface area contributed by atoms with Gasteiger partial charge in [-0.15, -0.1) is 13.2 Å². The van der Waals surface area contributed by atoms with Gasteiger partial charge < -0.3 is 24.1 Å². The van der Waals surface area contributed by atoms with Gasteiger partial charge in [-0.25, -0.2) is 12.7 Å². The molecule has 2 aliphatic rings. The number of carbonyl (C=O) groups excluding carboxylic acids is 2. The van der Waals surface area contributed by atoms with E-state index in [1.54, 1.807) is 25.1 Å². The quantitative estimate of drug-likeness (QED) is 0.345. The first-order chi connectivity index (χ1) is 21.6. The van der Waals surface area contributed by atoms with E-state index in [-0.39, 0.29) is 46.3 Å². The molecule has 1 unspecified atom stereocenters. The Morgan fingerprint density at radius 3 is 2.35 bits per heavy atom. The summed E-state index contributed by atoms with van der Waals surface area (Å²) >= 11 is 6.43. The van der Waals surface area contributed by atoms with Crippen LogP contribution in [0.4, 0.5) is 18.9 Å². The van der Waals surface area contributed by atoms with Crippen molar-refractivity contribution in [3.05, 3.63) is 76.3 Å². The summed E-state index contributed by atoms with van der Waals surface area (Å²) in [4.78, 5) is 28.6. The molecule has 0 saturated carbocycles. The molecule has 3 aromatic carbocycles. The number of anilines is 1. The second kappa shape index (κ2) is 12.0. The third-order valence-corrected chi connectivity index (χ3v) is 9.86. The van der Waals surface area contributed by atoms with Gasteiger partial charge in [-0.2, -0.15) is 0 Å². The zero-order valence-corrected chi connectivity index (χ0v) is 26.4. The lowest BCUT2D eigenvalue weighted by Crippen LogP contribution is -2.58. The van der Waals surface area contributed by atoms with Gasteiger partial charge in [0, 0.05) is 35.2 Å². The minimum absolute atomic E-state index is 0.0349. The van der Waals surface area contributed by atoms with Crippen molar-refractivity contribution >= 4 is 39.2 Å². The van der Waals surface area contributed by atoms with E-state index in [0.29, 0.717) is 9.87 Å². The van der Waals surface area contributed by atoms with Gasteiger partial charge in [0.25, 0.3) is 15.9 Å². The Morgan fingerprint density at radius 2 is 1.72 bits per heavy atom. The average Bonchev–Trinajstić information content (AvgIpc) is 3.50. The van der Waals surface area contributed by atoms with E-state index in [4.69, 9.17) is 25.8 Å². The molecule has 1 saturated heterocycles. The number of sulfonamides is 1. The summed E-state index contributed by atoms with van der Waals surface area (Å²) in [5.41, 5.74) is -1.83. The average molecular weight is 685 g/mol. The van der Waals surface area contributed by atoms with Gasteiger partial charge in [0.05, 0.1) is 33.1 Å². The van der Waals surface area contributed by atoms with Crippen molar-refractivity contribution in [1.29, 1.82) is 0 Å². The third kappa shape index (κ3) is 5.40. The number of hydrogen-bond donors (Lipinski definition) is 1. The Hall–Kier alpha value is -4.05. The second-order valence-corrected chi connectivity index (χ2v) is 12.8. The molecule has 0 aromatic heterocycles. The number of rotatable bonds is 8. The van der Waals surface area contributed by atoms with Crippen LogP contribution >= 0.6 is 11.6 Å². The molecular formula is C30H28ClF3N2O9S. The molecule has 3 atom stereocenters. The van der Waals surface area contributed by atoms with Crippen molar-refractivity contribution in [1.82, 2.24) is 4.90 Å². The van der Waals surface area contributed by atoms with Crippen LogP contribution in [0.5, 0.6) is 17.2 Å². The first-order valence-corrected chi connectivity index (χ1v) is 15.4. The molecule has 1 N–H and O–H groups in total. The number of esters is 1. The molecule has 2 heterocycles. The summed E-state index contributed by atoms with van der Waals surface area (Å²) in [6.07, 6.45) is -6.65. The summed E-state index contributed by atoms with van der Waals surface area (Å²) in [5.74, 6) is -3.21.